The van der Waals surface area contributed by atoms with Crippen LogP contribution in [0.15, 0.2) is 28.7 Å². The van der Waals surface area contributed by atoms with Crippen LogP contribution in [0, 0.1) is 6.92 Å². The summed E-state index contributed by atoms with van der Waals surface area (Å²) < 4.78 is 11.1. The van der Waals surface area contributed by atoms with Crippen molar-refractivity contribution in [1.29, 1.82) is 0 Å². The van der Waals surface area contributed by atoms with Gasteiger partial charge in [-0.3, -0.25) is 0 Å². The molecular formula is C14H16ClNO2. The van der Waals surface area contributed by atoms with E-state index in [1.807, 2.05) is 31.2 Å². The van der Waals surface area contributed by atoms with Crippen molar-refractivity contribution in [2.75, 3.05) is 6.61 Å². The van der Waals surface area contributed by atoms with Crippen molar-refractivity contribution >= 4 is 11.6 Å². The lowest BCUT2D eigenvalue weighted by molar-refractivity contribution is 0.235. The molecule has 0 amide bonds. The van der Waals surface area contributed by atoms with Gasteiger partial charge in [-0.15, -0.1) is 0 Å². The van der Waals surface area contributed by atoms with E-state index >= 15 is 0 Å². The van der Waals surface area contributed by atoms with Gasteiger partial charge in [-0.2, -0.15) is 0 Å². The molecule has 0 aliphatic heterocycles. The maximum Gasteiger partial charge on any atom is 0.308 e. The van der Waals surface area contributed by atoms with Gasteiger partial charge in [0.15, 0.2) is 0 Å². The Bertz CT molecular complexity index is 522. The van der Waals surface area contributed by atoms with E-state index in [-0.39, 0.29) is 0 Å². The number of oxazole rings is 1. The van der Waals surface area contributed by atoms with Gasteiger partial charge in [-0.25, -0.2) is 4.98 Å². The zero-order valence-corrected chi connectivity index (χ0v) is 11.3. The Morgan fingerprint density at radius 2 is 2.22 bits per heavy atom. The number of aromatic nitrogens is 1. The molecule has 0 saturated heterocycles. The normalized spacial score (nSPS) is 10.6. The molecule has 1 aromatic heterocycles. The summed E-state index contributed by atoms with van der Waals surface area (Å²) in [6, 6.07) is 7.68. The molecule has 0 bridgehead atoms. The molecule has 0 atom stereocenters. The van der Waals surface area contributed by atoms with Gasteiger partial charge in [0, 0.05) is 11.4 Å². The van der Waals surface area contributed by atoms with Crippen molar-refractivity contribution in [2.24, 2.45) is 0 Å². The average molecular weight is 266 g/mol. The van der Waals surface area contributed by atoms with Gasteiger partial charge in [0.2, 0.25) is 5.89 Å². The van der Waals surface area contributed by atoms with Crippen molar-refractivity contribution in [1.82, 2.24) is 4.98 Å². The summed E-state index contributed by atoms with van der Waals surface area (Å²) in [7, 11) is 0. The highest BCUT2D eigenvalue weighted by atomic mass is 35.5. The molecule has 2 aromatic rings. The molecule has 4 heteroatoms. The first-order valence-corrected chi connectivity index (χ1v) is 6.40. The fourth-order valence-corrected chi connectivity index (χ4v) is 1.88. The molecule has 0 aliphatic rings. The first-order valence-electron chi connectivity index (χ1n) is 6.02. The van der Waals surface area contributed by atoms with Gasteiger partial charge in [-0.1, -0.05) is 30.7 Å². The number of rotatable bonds is 5. The summed E-state index contributed by atoms with van der Waals surface area (Å²) in [6.07, 6.45) is 1.57. The second kappa shape index (κ2) is 5.91. The number of halogens is 1. The Balaban J connectivity index is 2.10. The second-order valence-corrected chi connectivity index (χ2v) is 4.57. The lowest BCUT2D eigenvalue weighted by atomic mass is 10.1. The minimum Gasteiger partial charge on any atom is -0.464 e. The number of aryl methyl sites for hydroxylation is 1. The van der Waals surface area contributed by atoms with Crippen LogP contribution in [0.5, 0.6) is 5.95 Å². The van der Waals surface area contributed by atoms with Crippen molar-refractivity contribution in [2.45, 2.75) is 26.7 Å². The summed E-state index contributed by atoms with van der Waals surface area (Å²) in [5, 5.41) is 0.721. The molecule has 2 rings (SSSR count). The lowest BCUT2D eigenvalue weighted by Crippen LogP contribution is -1.94. The van der Waals surface area contributed by atoms with E-state index < -0.39 is 0 Å². The fourth-order valence-electron chi connectivity index (χ4n) is 1.66. The van der Waals surface area contributed by atoms with E-state index in [9.17, 15) is 0 Å². The zero-order valence-electron chi connectivity index (χ0n) is 10.6. The van der Waals surface area contributed by atoms with Crippen LogP contribution in [0.3, 0.4) is 0 Å². The summed E-state index contributed by atoms with van der Waals surface area (Å²) in [6.45, 7) is 4.58. The molecule has 0 fully saturated rings. The number of ether oxygens (including phenoxy) is 1. The Morgan fingerprint density at radius 1 is 1.39 bits per heavy atom. The van der Waals surface area contributed by atoms with Crippen LogP contribution in [0.4, 0.5) is 0 Å². The van der Waals surface area contributed by atoms with Crippen molar-refractivity contribution in [3.63, 3.8) is 0 Å². The van der Waals surface area contributed by atoms with Crippen LogP contribution >= 0.6 is 11.6 Å². The molecule has 0 aliphatic carbocycles. The van der Waals surface area contributed by atoms with Crippen molar-refractivity contribution in [3.8, 4) is 5.95 Å². The predicted molar refractivity (Wildman–Crippen MR) is 71.3 cm³/mol. The van der Waals surface area contributed by atoms with Crippen molar-refractivity contribution in [3.05, 3.63) is 46.4 Å². The number of benzene rings is 1. The fraction of sp³-hybridized carbons (Fsp3) is 0.357. The molecular weight excluding hydrogens is 250 g/mol. The van der Waals surface area contributed by atoms with Crippen LogP contribution in [0.2, 0.25) is 5.02 Å². The first kappa shape index (κ1) is 13.0. The van der Waals surface area contributed by atoms with E-state index in [0.29, 0.717) is 24.9 Å². The standard InChI is InChI=1S/C14H16ClNO2/c1-3-7-17-14-10(2)16-13(18-14)9-11-5-4-6-12(15)8-11/h4-6,8H,3,7,9H2,1-2H3. The average Bonchev–Trinajstić information content (AvgIpc) is 2.67. The number of hydrogen-bond donors (Lipinski definition) is 0. The molecule has 0 N–H and O–H groups in total. The van der Waals surface area contributed by atoms with Crippen LogP contribution in [-0.4, -0.2) is 11.6 Å². The van der Waals surface area contributed by atoms with Gasteiger partial charge < -0.3 is 9.15 Å². The molecule has 0 radical (unpaired) electrons. The third-order valence-electron chi connectivity index (χ3n) is 2.48. The Labute approximate surface area is 112 Å². The minimum absolute atomic E-state index is 0.522. The number of hydrogen-bond acceptors (Lipinski definition) is 3. The van der Waals surface area contributed by atoms with Crippen LogP contribution in [0.25, 0.3) is 0 Å². The molecule has 96 valence electrons. The van der Waals surface area contributed by atoms with Crippen LogP contribution < -0.4 is 4.74 Å². The highest BCUT2D eigenvalue weighted by molar-refractivity contribution is 6.30. The first-order chi connectivity index (χ1) is 8.69. The predicted octanol–water partition coefficient (Wildman–Crippen LogP) is 4.02. The molecule has 0 saturated carbocycles. The lowest BCUT2D eigenvalue weighted by Gasteiger charge is -1.99. The second-order valence-electron chi connectivity index (χ2n) is 4.14. The summed E-state index contributed by atoms with van der Waals surface area (Å²) in [5.74, 6) is 1.18. The smallest absolute Gasteiger partial charge is 0.308 e. The highest BCUT2D eigenvalue weighted by Gasteiger charge is 2.11. The third kappa shape index (κ3) is 3.26. The van der Waals surface area contributed by atoms with Crippen LogP contribution in [-0.2, 0) is 6.42 Å². The molecule has 1 heterocycles. The quantitative estimate of drug-likeness (QED) is 0.819. The third-order valence-corrected chi connectivity index (χ3v) is 2.72. The zero-order chi connectivity index (χ0) is 13.0. The SMILES string of the molecule is CCCOc1oc(Cc2cccc(Cl)c2)nc1C. The summed E-state index contributed by atoms with van der Waals surface area (Å²) in [4.78, 5) is 4.35. The molecule has 1 aromatic carbocycles. The highest BCUT2D eigenvalue weighted by Crippen LogP contribution is 2.22. The maximum atomic E-state index is 5.94. The number of nitrogens with zero attached hydrogens (tertiary/aromatic N) is 1. The Morgan fingerprint density at radius 3 is 2.94 bits per heavy atom. The largest absolute Gasteiger partial charge is 0.464 e. The Kier molecular flexibility index (Phi) is 4.26. The molecule has 0 spiro atoms. The van der Waals surface area contributed by atoms with Crippen molar-refractivity contribution < 1.29 is 9.15 Å². The molecule has 0 unspecified atom stereocenters. The minimum atomic E-state index is 0.522. The van der Waals surface area contributed by atoms with Gasteiger partial charge >= 0.3 is 5.95 Å². The van der Waals surface area contributed by atoms with E-state index in [1.165, 1.54) is 0 Å². The molecule has 18 heavy (non-hydrogen) atoms. The van der Waals surface area contributed by atoms with Gasteiger partial charge in [0.25, 0.3) is 0 Å². The summed E-state index contributed by atoms with van der Waals surface area (Å²) >= 11 is 5.94. The van der Waals surface area contributed by atoms with Gasteiger partial charge in [-0.05, 0) is 31.0 Å². The topological polar surface area (TPSA) is 35.3 Å². The maximum absolute atomic E-state index is 5.94. The van der Waals surface area contributed by atoms with E-state index in [2.05, 4.69) is 11.9 Å². The van der Waals surface area contributed by atoms with Gasteiger partial charge in [0.05, 0.1) is 6.61 Å². The van der Waals surface area contributed by atoms with E-state index in [4.69, 9.17) is 20.8 Å². The van der Waals surface area contributed by atoms with Crippen LogP contribution in [0.1, 0.15) is 30.5 Å². The van der Waals surface area contributed by atoms with E-state index in [1.54, 1.807) is 0 Å². The van der Waals surface area contributed by atoms with E-state index in [0.717, 1.165) is 22.7 Å². The summed E-state index contributed by atoms with van der Waals surface area (Å²) in [5.41, 5.74) is 1.87. The molecule has 3 nitrogen and oxygen atoms in total. The Hall–Kier alpha value is -1.48. The monoisotopic (exact) mass is 265 g/mol. The van der Waals surface area contributed by atoms with Gasteiger partial charge in [0.1, 0.15) is 5.69 Å².